The second-order valence-corrected chi connectivity index (χ2v) is 8.92. The summed E-state index contributed by atoms with van der Waals surface area (Å²) >= 11 is 0. The van der Waals surface area contributed by atoms with Crippen molar-refractivity contribution in [1.82, 2.24) is 34.5 Å². The van der Waals surface area contributed by atoms with E-state index in [1.807, 2.05) is 43.0 Å². The van der Waals surface area contributed by atoms with Crippen LogP contribution >= 0.6 is 0 Å². The lowest BCUT2D eigenvalue weighted by molar-refractivity contribution is -0.661. The van der Waals surface area contributed by atoms with Crippen molar-refractivity contribution in [2.45, 2.75) is 45.7 Å². The van der Waals surface area contributed by atoms with Gasteiger partial charge in [0, 0.05) is 11.1 Å². The Balaban J connectivity index is 1.26. The number of rotatable bonds is 6. The fraction of sp³-hybridized carbons (Fsp3) is 0.478. The molecule has 1 saturated heterocycles. The van der Waals surface area contributed by atoms with Crippen molar-refractivity contribution >= 4 is 17.6 Å². The van der Waals surface area contributed by atoms with Crippen molar-refractivity contribution in [1.29, 1.82) is 0 Å². The Morgan fingerprint density at radius 2 is 2.12 bits per heavy atom. The molecule has 1 aliphatic carbocycles. The Morgan fingerprint density at radius 1 is 1.29 bits per heavy atom. The molecular weight excluding hydrogens is 439 g/mol. The first-order valence-corrected chi connectivity index (χ1v) is 11.5. The lowest BCUT2D eigenvalue weighted by Crippen LogP contribution is -2.89. The SMILES string of the molecule is Cc1nc(-c2nc(C3=CCC(C)(OC(C)F)C=C3)no2)nn1CC1=CC(N2CC[NH2+]CC2)=[N+]=C1. The van der Waals surface area contributed by atoms with Crippen molar-refractivity contribution in [3.8, 4) is 11.7 Å². The zero-order valence-electron chi connectivity index (χ0n) is 19.6. The molecule has 0 radical (unpaired) electrons. The summed E-state index contributed by atoms with van der Waals surface area (Å²) in [4.78, 5) is 11.3. The van der Waals surface area contributed by atoms with Gasteiger partial charge in [0.05, 0.1) is 18.2 Å². The van der Waals surface area contributed by atoms with Crippen molar-refractivity contribution in [3.63, 3.8) is 0 Å². The zero-order chi connectivity index (χ0) is 23.7. The van der Waals surface area contributed by atoms with Gasteiger partial charge in [-0.3, -0.25) is 0 Å². The molecule has 0 bridgehead atoms. The van der Waals surface area contributed by atoms with E-state index in [1.54, 1.807) is 0 Å². The van der Waals surface area contributed by atoms with Crippen molar-refractivity contribution in [2.24, 2.45) is 0 Å². The van der Waals surface area contributed by atoms with E-state index in [0.717, 1.165) is 49.0 Å². The van der Waals surface area contributed by atoms with Gasteiger partial charge < -0.3 is 14.6 Å². The molecule has 34 heavy (non-hydrogen) atoms. The number of ether oxygens (including phenoxy) is 1. The normalized spacial score (nSPS) is 23.2. The molecule has 4 heterocycles. The summed E-state index contributed by atoms with van der Waals surface area (Å²) in [6.07, 6.45) is 8.71. The highest BCUT2D eigenvalue weighted by molar-refractivity contribution is 6.04. The molecule has 11 heteroatoms. The van der Waals surface area contributed by atoms with Gasteiger partial charge >= 0.3 is 5.84 Å². The van der Waals surface area contributed by atoms with E-state index < -0.39 is 12.0 Å². The number of nitrogens with two attached hydrogens (primary N) is 1. The second-order valence-electron chi connectivity index (χ2n) is 8.92. The van der Waals surface area contributed by atoms with Crippen molar-refractivity contribution in [3.05, 3.63) is 41.5 Å². The number of allylic oxidation sites excluding steroid dienone is 3. The number of hydrogen-bond donors (Lipinski definition) is 1. The Morgan fingerprint density at radius 3 is 2.85 bits per heavy atom. The second kappa shape index (κ2) is 9.09. The van der Waals surface area contributed by atoms with Gasteiger partial charge in [-0.2, -0.15) is 4.98 Å². The summed E-state index contributed by atoms with van der Waals surface area (Å²) in [6, 6.07) is 0. The molecule has 178 valence electrons. The van der Waals surface area contributed by atoms with Crippen LogP contribution in [0.3, 0.4) is 0 Å². The van der Waals surface area contributed by atoms with Crippen molar-refractivity contribution in [2.75, 3.05) is 26.2 Å². The largest absolute Gasteiger partial charge is 0.370 e. The molecule has 0 saturated carbocycles. The Labute approximate surface area is 196 Å². The molecular formula is C23H29FN8O2+2. The Bertz CT molecular complexity index is 1230. The van der Waals surface area contributed by atoms with Crippen LogP contribution in [0.25, 0.3) is 17.3 Å². The first-order valence-electron chi connectivity index (χ1n) is 11.5. The molecule has 0 spiro atoms. The van der Waals surface area contributed by atoms with Gasteiger partial charge in [0.2, 0.25) is 11.6 Å². The van der Waals surface area contributed by atoms with E-state index in [4.69, 9.17) is 9.26 Å². The van der Waals surface area contributed by atoms with Crippen LogP contribution in [0.15, 0.2) is 34.4 Å². The van der Waals surface area contributed by atoms with Crippen LogP contribution < -0.4 is 9.98 Å². The third-order valence-electron chi connectivity index (χ3n) is 6.05. The number of hydrogen-bond acceptors (Lipinski definition) is 7. The monoisotopic (exact) mass is 468 g/mol. The molecule has 2 unspecified atom stereocenters. The number of nitrogens with zero attached hydrogens (tertiary/aromatic N) is 7. The molecule has 2 aromatic heterocycles. The van der Waals surface area contributed by atoms with E-state index in [9.17, 15) is 4.39 Å². The number of amidine groups is 1. The number of aromatic nitrogens is 5. The quantitative estimate of drug-likeness (QED) is 0.612. The molecule has 5 rings (SSSR count). The first-order chi connectivity index (χ1) is 16.4. The summed E-state index contributed by atoms with van der Waals surface area (Å²) in [5.74, 6) is 2.81. The standard InChI is InChI=1S/C23H28FN8O2/c1-15(24)33-23(3)6-4-18(5-7-23)20-28-22(34-30-20)21-27-16(2)32(29-21)14-17-12-19(26-13-17)31-10-8-25-9-11-31/h4-6,12-13,15,25H,7-11,14H2,1-3H3/q+1/p+1. The van der Waals surface area contributed by atoms with E-state index in [-0.39, 0.29) is 5.89 Å². The highest BCUT2D eigenvalue weighted by atomic mass is 19.1. The molecule has 2 N–H and O–H groups in total. The van der Waals surface area contributed by atoms with Crippen LogP contribution in [0.5, 0.6) is 0 Å². The molecule has 10 nitrogen and oxygen atoms in total. The van der Waals surface area contributed by atoms with E-state index >= 15 is 0 Å². The van der Waals surface area contributed by atoms with E-state index in [0.29, 0.717) is 24.6 Å². The molecule has 2 atom stereocenters. The molecule has 1 fully saturated rings. The number of alkyl halides is 1. The average molecular weight is 469 g/mol. The maximum absolute atomic E-state index is 13.3. The maximum atomic E-state index is 13.3. The van der Waals surface area contributed by atoms with Crippen LogP contribution in [0, 0.1) is 6.92 Å². The van der Waals surface area contributed by atoms with Gasteiger partial charge in [-0.15, -0.1) is 5.10 Å². The average Bonchev–Trinajstić information content (AvgIpc) is 3.55. The lowest BCUT2D eigenvalue weighted by atomic mass is 9.93. The highest BCUT2D eigenvalue weighted by Crippen LogP contribution is 2.30. The van der Waals surface area contributed by atoms with Crippen LogP contribution in [-0.2, 0) is 11.3 Å². The van der Waals surface area contributed by atoms with Gasteiger partial charge in [-0.1, -0.05) is 23.4 Å². The number of piperazine rings is 1. The number of quaternary nitrogens is 1. The zero-order valence-corrected chi connectivity index (χ0v) is 19.6. The maximum Gasteiger partial charge on any atom is 0.370 e. The third kappa shape index (κ3) is 4.77. The van der Waals surface area contributed by atoms with Gasteiger partial charge in [0.25, 0.3) is 5.89 Å². The topological polar surface area (TPSA) is 113 Å². The molecule has 3 aliphatic rings. The number of halogens is 1. The van der Waals surface area contributed by atoms with E-state index in [2.05, 4.69) is 41.2 Å². The smallest absolute Gasteiger partial charge is 0.340 e. The lowest BCUT2D eigenvalue weighted by Gasteiger charge is -2.28. The third-order valence-corrected chi connectivity index (χ3v) is 6.05. The van der Waals surface area contributed by atoms with Gasteiger partial charge in [0.1, 0.15) is 32.0 Å². The molecule has 0 aromatic carbocycles. The summed E-state index contributed by atoms with van der Waals surface area (Å²) in [5, 5.41) is 11.0. The molecule has 0 amide bonds. The fourth-order valence-corrected chi connectivity index (χ4v) is 4.23. The van der Waals surface area contributed by atoms with Crippen LogP contribution in [0.4, 0.5) is 4.39 Å². The van der Waals surface area contributed by atoms with Crippen molar-refractivity contribution < 1.29 is 19.0 Å². The summed E-state index contributed by atoms with van der Waals surface area (Å²) < 4.78 is 30.4. The van der Waals surface area contributed by atoms with Gasteiger partial charge in [-0.25, -0.2) is 23.6 Å². The molecule has 2 aromatic rings. The minimum absolute atomic E-state index is 0.249. The minimum atomic E-state index is -1.34. The highest BCUT2D eigenvalue weighted by Gasteiger charge is 2.28. The Hall–Kier alpha value is -3.40. The van der Waals surface area contributed by atoms with E-state index in [1.165, 1.54) is 6.92 Å². The summed E-state index contributed by atoms with van der Waals surface area (Å²) in [7, 11) is 0. The predicted octanol–water partition coefficient (Wildman–Crippen LogP) is 0.426. The summed E-state index contributed by atoms with van der Waals surface area (Å²) in [6.45, 7) is 9.87. The molecule has 2 aliphatic heterocycles. The predicted molar refractivity (Wildman–Crippen MR) is 124 cm³/mol. The van der Waals surface area contributed by atoms with Crippen LogP contribution in [-0.4, -0.2) is 80.0 Å². The first kappa shape index (κ1) is 22.4. The fourth-order valence-electron chi connectivity index (χ4n) is 4.23. The van der Waals surface area contributed by atoms with Gasteiger partial charge in [0.15, 0.2) is 12.6 Å². The van der Waals surface area contributed by atoms with Crippen LogP contribution in [0.2, 0.25) is 0 Å². The summed E-state index contributed by atoms with van der Waals surface area (Å²) in [5.41, 5.74) is 1.16. The minimum Gasteiger partial charge on any atom is -0.340 e. The van der Waals surface area contributed by atoms with Gasteiger partial charge in [-0.05, 0) is 27.2 Å². The Kier molecular flexibility index (Phi) is 5.99. The van der Waals surface area contributed by atoms with Crippen LogP contribution in [0.1, 0.15) is 31.9 Å². The number of aryl methyl sites for hydroxylation is 1.